The average Bonchev–Trinajstić information content (AvgIpc) is 2.54. The van der Waals surface area contributed by atoms with Crippen molar-refractivity contribution in [3.8, 4) is 0 Å². The minimum absolute atomic E-state index is 0.166. The summed E-state index contributed by atoms with van der Waals surface area (Å²) >= 11 is 0. The van der Waals surface area contributed by atoms with Gasteiger partial charge in [0.2, 0.25) is 0 Å². The topological polar surface area (TPSA) is 32.3 Å². The largest absolute Gasteiger partial charge is 0.391 e. The molecular weight excluding hydrogens is 162 g/mol. The molecule has 0 bridgehead atoms. The maximum atomic E-state index is 9.59. The van der Waals surface area contributed by atoms with Gasteiger partial charge in [-0.1, -0.05) is 30.3 Å². The van der Waals surface area contributed by atoms with Gasteiger partial charge in [0.05, 0.1) is 6.10 Å². The molecule has 1 aliphatic heterocycles. The second-order valence-corrected chi connectivity index (χ2v) is 3.61. The third-order valence-corrected chi connectivity index (χ3v) is 2.61. The van der Waals surface area contributed by atoms with Gasteiger partial charge in [0.1, 0.15) is 0 Å². The summed E-state index contributed by atoms with van der Waals surface area (Å²) in [5, 5.41) is 12.9. The van der Waals surface area contributed by atoms with E-state index in [0.717, 1.165) is 19.4 Å². The van der Waals surface area contributed by atoms with E-state index < -0.39 is 0 Å². The van der Waals surface area contributed by atoms with Crippen molar-refractivity contribution in [1.29, 1.82) is 0 Å². The first-order valence-corrected chi connectivity index (χ1v) is 4.81. The van der Waals surface area contributed by atoms with Gasteiger partial charge in [0, 0.05) is 6.04 Å². The van der Waals surface area contributed by atoms with E-state index in [9.17, 15) is 5.11 Å². The molecule has 0 unspecified atom stereocenters. The Morgan fingerprint density at radius 2 is 2.08 bits per heavy atom. The summed E-state index contributed by atoms with van der Waals surface area (Å²) in [6.45, 7) is 0.943. The lowest BCUT2D eigenvalue weighted by molar-refractivity contribution is 0.159. The second kappa shape index (κ2) is 3.90. The van der Waals surface area contributed by atoms with Crippen molar-refractivity contribution in [2.24, 2.45) is 0 Å². The molecule has 70 valence electrons. The van der Waals surface area contributed by atoms with E-state index in [-0.39, 0.29) is 12.1 Å². The molecule has 0 aliphatic carbocycles. The molecule has 0 aromatic heterocycles. The molecule has 0 spiro atoms. The van der Waals surface area contributed by atoms with Crippen LogP contribution in [0.4, 0.5) is 0 Å². The van der Waals surface area contributed by atoms with Crippen molar-refractivity contribution >= 4 is 0 Å². The molecule has 0 saturated carbocycles. The fourth-order valence-corrected chi connectivity index (χ4v) is 1.83. The number of aliphatic hydroxyl groups is 1. The van der Waals surface area contributed by atoms with E-state index in [1.54, 1.807) is 0 Å². The Kier molecular flexibility index (Phi) is 2.62. The molecule has 1 fully saturated rings. The first-order valence-electron chi connectivity index (χ1n) is 4.81. The van der Waals surface area contributed by atoms with Crippen LogP contribution in [0.25, 0.3) is 0 Å². The van der Waals surface area contributed by atoms with Gasteiger partial charge in [0.15, 0.2) is 0 Å². The number of hydrogen-bond acceptors (Lipinski definition) is 2. The van der Waals surface area contributed by atoms with Gasteiger partial charge < -0.3 is 10.4 Å². The maximum absolute atomic E-state index is 9.59. The number of hydrogen-bond donors (Lipinski definition) is 2. The third-order valence-electron chi connectivity index (χ3n) is 2.61. The minimum atomic E-state index is -0.166. The molecule has 0 radical (unpaired) electrons. The highest BCUT2D eigenvalue weighted by Crippen LogP contribution is 2.12. The molecule has 1 aliphatic rings. The molecule has 0 amide bonds. The molecule has 1 heterocycles. The molecule has 13 heavy (non-hydrogen) atoms. The Hall–Kier alpha value is -0.860. The monoisotopic (exact) mass is 177 g/mol. The Labute approximate surface area is 78.6 Å². The van der Waals surface area contributed by atoms with E-state index in [1.165, 1.54) is 5.56 Å². The maximum Gasteiger partial charge on any atom is 0.0708 e. The SMILES string of the molecule is O[C@@H]1CCN[C@H]1Cc1ccccc1. The van der Waals surface area contributed by atoms with Crippen molar-refractivity contribution in [3.63, 3.8) is 0 Å². The zero-order valence-electron chi connectivity index (χ0n) is 7.61. The van der Waals surface area contributed by atoms with Gasteiger partial charge in [-0.05, 0) is 24.9 Å². The van der Waals surface area contributed by atoms with E-state index in [4.69, 9.17) is 0 Å². The van der Waals surface area contributed by atoms with Gasteiger partial charge in [0.25, 0.3) is 0 Å². The van der Waals surface area contributed by atoms with Crippen molar-refractivity contribution in [2.75, 3.05) is 6.54 Å². The van der Waals surface area contributed by atoms with Crippen molar-refractivity contribution in [2.45, 2.75) is 25.0 Å². The molecule has 2 N–H and O–H groups in total. The summed E-state index contributed by atoms with van der Waals surface area (Å²) < 4.78 is 0. The lowest BCUT2D eigenvalue weighted by atomic mass is 10.0. The fraction of sp³-hybridized carbons (Fsp3) is 0.455. The van der Waals surface area contributed by atoms with E-state index in [2.05, 4.69) is 17.4 Å². The fourth-order valence-electron chi connectivity index (χ4n) is 1.83. The molecule has 2 rings (SSSR count). The normalized spacial score (nSPS) is 27.8. The lowest BCUT2D eigenvalue weighted by Crippen LogP contribution is -2.32. The van der Waals surface area contributed by atoms with Gasteiger partial charge in [-0.25, -0.2) is 0 Å². The molecule has 1 aromatic rings. The van der Waals surface area contributed by atoms with Crippen molar-refractivity contribution < 1.29 is 5.11 Å². The lowest BCUT2D eigenvalue weighted by Gasteiger charge is -2.14. The molecule has 2 heteroatoms. The zero-order chi connectivity index (χ0) is 9.10. The van der Waals surface area contributed by atoms with Crippen LogP contribution >= 0.6 is 0 Å². The number of rotatable bonds is 2. The quantitative estimate of drug-likeness (QED) is 0.705. The summed E-state index contributed by atoms with van der Waals surface area (Å²) in [5.74, 6) is 0. The van der Waals surface area contributed by atoms with Crippen molar-refractivity contribution in [1.82, 2.24) is 5.32 Å². The van der Waals surface area contributed by atoms with Gasteiger partial charge in [-0.2, -0.15) is 0 Å². The van der Waals surface area contributed by atoms with Gasteiger partial charge in [-0.15, -0.1) is 0 Å². The van der Waals surface area contributed by atoms with Gasteiger partial charge in [-0.3, -0.25) is 0 Å². The zero-order valence-corrected chi connectivity index (χ0v) is 7.61. The van der Waals surface area contributed by atoms with Crippen LogP contribution in [0.1, 0.15) is 12.0 Å². The predicted octanol–water partition coefficient (Wildman–Crippen LogP) is 0.952. The van der Waals surface area contributed by atoms with Crippen LogP contribution in [0.5, 0.6) is 0 Å². The van der Waals surface area contributed by atoms with Crippen LogP contribution in [0, 0.1) is 0 Å². The minimum Gasteiger partial charge on any atom is -0.391 e. The smallest absolute Gasteiger partial charge is 0.0708 e. The molecule has 1 saturated heterocycles. The standard InChI is InChI=1S/C11H15NO/c13-11-6-7-12-10(11)8-9-4-2-1-3-5-9/h1-5,10-13H,6-8H2/t10-,11+/m0/s1. The van der Waals surface area contributed by atoms with Crippen molar-refractivity contribution in [3.05, 3.63) is 35.9 Å². The average molecular weight is 177 g/mol. The van der Waals surface area contributed by atoms with Crippen LogP contribution in [-0.4, -0.2) is 23.8 Å². The van der Waals surface area contributed by atoms with Crippen LogP contribution in [-0.2, 0) is 6.42 Å². The van der Waals surface area contributed by atoms with E-state index in [1.807, 2.05) is 18.2 Å². The summed E-state index contributed by atoms with van der Waals surface area (Å²) in [6, 6.07) is 10.6. The van der Waals surface area contributed by atoms with Crippen LogP contribution in [0.2, 0.25) is 0 Å². The first kappa shape index (κ1) is 8.73. The highest BCUT2D eigenvalue weighted by atomic mass is 16.3. The van der Waals surface area contributed by atoms with Crippen LogP contribution in [0.3, 0.4) is 0 Å². The van der Waals surface area contributed by atoms with Gasteiger partial charge >= 0.3 is 0 Å². The summed E-state index contributed by atoms with van der Waals surface area (Å²) in [4.78, 5) is 0. The molecular formula is C11H15NO. The van der Waals surface area contributed by atoms with E-state index in [0.29, 0.717) is 0 Å². The predicted molar refractivity (Wildman–Crippen MR) is 52.6 cm³/mol. The number of aliphatic hydroxyl groups excluding tert-OH is 1. The number of benzene rings is 1. The Morgan fingerprint density at radius 1 is 1.31 bits per heavy atom. The Morgan fingerprint density at radius 3 is 2.69 bits per heavy atom. The second-order valence-electron chi connectivity index (χ2n) is 3.61. The molecule has 1 aromatic carbocycles. The molecule has 2 atom stereocenters. The summed E-state index contributed by atoms with van der Waals surface area (Å²) in [6.07, 6.45) is 1.65. The van der Waals surface area contributed by atoms with Crippen LogP contribution < -0.4 is 5.32 Å². The first-order chi connectivity index (χ1) is 6.36. The highest BCUT2D eigenvalue weighted by Gasteiger charge is 2.24. The summed E-state index contributed by atoms with van der Waals surface area (Å²) in [5.41, 5.74) is 1.29. The summed E-state index contributed by atoms with van der Waals surface area (Å²) in [7, 11) is 0. The Balaban J connectivity index is 1.98. The number of nitrogens with one attached hydrogen (secondary N) is 1. The highest BCUT2D eigenvalue weighted by molar-refractivity contribution is 5.16. The third kappa shape index (κ3) is 2.08. The Bertz CT molecular complexity index is 260. The van der Waals surface area contributed by atoms with E-state index >= 15 is 0 Å². The van der Waals surface area contributed by atoms with Crippen LogP contribution in [0.15, 0.2) is 30.3 Å². The molecule has 2 nitrogen and oxygen atoms in total.